The van der Waals surface area contributed by atoms with E-state index in [4.69, 9.17) is 4.55 Å². The van der Waals surface area contributed by atoms with Crippen LogP contribution in [0.1, 0.15) is 10.4 Å². The Bertz CT molecular complexity index is 786. The van der Waals surface area contributed by atoms with Crippen molar-refractivity contribution in [1.29, 1.82) is 0 Å². The molecule has 5 nitrogen and oxygen atoms in total. The third kappa shape index (κ3) is 3.34. The molecule has 2 aromatic carbocycles. The number of esters is 1. The number of hydrogen-bond acceptors (Lipinski definition) is 4. The lowest BCUT2D eigenvalue weighted by Crippen LogP contribution is -2.34. The van der Waals surface area contributed by atoms with E-state index in [0.717, 1.165) is 5.39 Å². The molecule has 0 aromatic heterocycles. The lowest BCUT2D eigenvalue weighted by atomic mass is 10.1. The Labute approximate surface area is 118 Å². The Kier molecular flexibility index (Phi) is 3.93. The normalized spacial score (nSPS) is 12.3. The van der Waals surface area contributed by atoms with Gasteiger partial charge in [-0.3, -0.25) is 4.55 Å². The van der Waals surface area contributed by atoms with Crippen molar-refractivity contribution in [2.45, 2.75) is 5.25 Å². The van der Waals surface area contributed by atoms with E-state index in [0.29, 0.717) is 5.39 Å². The van der Waals surface area contributed by atoms with Gasteiger partial charge in [0.1, 0.15) is 0 Å². The monoisotopic (exact) mass is 316 g/mol. The summed E-state index contributed by atoms with van der Waals surface area (Å²) in [4.78, 5) is 11.6. The molecule has 0 spiro atoms. The Hall–Kier alpha value is -2.06. The maximum atomic E-state index is 12.9. The summed E-state index contributed by atoms with van der Waals surface area (Å²) in [5, 5.41) is -3.00. The fraction of sp³-hybridized carbons (Fsp3) is 0.154. The average molecular weight is 316 g/mol. The molecule has 0 saturated heterocycles. The minimum Gasteiger partial charge on any atom is -0.454 e. The minimum atomic E-state index is -5.63. The summed E-state index contributed by atoms with van der Waals surface area (Å²) in [5.74, 6) is -1.11. The third-order valence-electron chi connectivity index (χ3n) is 2.73. The smallest absolute Gasteiger partial charge is 0.402 e. The van der Waals surface area contributed by atoms with Gasteiger partial charge >= 0.3 is 21.3 Å². The van der Waals surface area contributed by atoms with Crippen LogP contribution < -0.4 is 0 Å². The van der Waals surface area contributed by atoms with Crippen molar-refractivity contribution in [3.63, 3.8) is 0 Å². The van der Waals surface area contributed by atoms with E-state index < -0.39 is 27.9 Å². The highest BCUT2D eigenvalue weighted by atomic mass is 32.2. The number of ether oxygens (including phenoxy) is 1. The van der Waals surface area contributed by atoms with Gasteiger partial charge in [-0.2, -0.15) is 17.2 Å². The number of benzene rings is 2. The van der Waals surface area contributed by atoms with Gasteiger partial charge in [0.2, 0.25) is 0 Å². The van der Waals surface area contributed by atoms with Crippen LogP contribution in [0.15, 0.2) is 42.5 Å². The molecule has 0 heterocycles. The molecular weight excluding hydrogens is 306 g/mol. The molecule has 0 radical (unpaired) electrons. The number of alkyl halides is 2. The fourth-order valence-electron chi connectivity index (χ4n) is 1.62. The van der Waals surface area contributed by atoms with Gasteiger partial charge in [-0.1, -0.05) is 30.3 Å². The van der Waals surface area contributed by atoms with Crippen LogP contribution in [0.2, 0.25) is 0 Å². The molecule has 21 heavy (non-hydrogen) atoms. The van der Waals surface area contributed by atoms with E-state index in [2.05, 4.69) is 4.74 Å². The maximum Gasteiger partial charge on any atom is 0.402 e. The second-order valence-corrected chi connectivity index (χ2v) is 5.80. The van der Waals surface area contributed by atoms with E-state index in [1.165, 1.54) is 12.1 Å². The maximum absolute atomic E-state index is 12.9. The van der Waals surface area contributed by atoms with E-state index in [1.54, 1.807) is 30.3 Å². The summed E-state index contributed by atoms with van der Waals surface area (Å²) < 4.78 is 59.2. The third-order valence-corrected chi connectivity index (χ3v) is 3.61. The Morgan fingerprint density at radius 3 is 2.38 bits per heavy atom. The molecule has 0 amide bonds. The molecule has 0 bridgehead atoms. The van der Waals surface area contributed by atoms with Gasteiger partial charge in [0.15, 0.2) is 6.61 Å². The molecule has 2 rings (SSSR count). The second-order valence-electron chi connectivity index (χ2n) is 4.25. The topological polar surface area (TPSA) is 80.7 Å². The van der Waals surface area contributed by atoms with Gasteiger partial charge in [-0.05, 0) is 22.9 Å². The molecule has 0 atom stereocenters. The number of carbonyl (C=O) groups is 1. The van der Waals surface area contributed by atoms with Crippen LogP contribution in [0.4, 0.5) is 8.78 Å². The quantitative estimate of drug-likeness (QED) is 0.692. The number of fused-ring (bicyclic) bond motifs is 1. The number of carbonyl (C=O) groups excluding carboxylic acids is 1. The zero-order chi connectivity index (χ0) is 15.7. The molecule has 0 aliphatic heterocycles. The van der Waals surface area contributed by atoms with Gasteiger partial charge in [0.25, 0.3) is 0 Å². The summed E-state index contributed by atoms with van der Waals surface area (Å²) >= 11 is 0. The predicted octanol–water partition coefficient (Wildman–Crippen LogP) is 2.48. The number of hydrogen-bond donors (Lipinski definition) is 1. The van der Waals surface area contributed by atoms with Crippen LogP contribution in [-0.2, 0) is 14.9 Å². The van der Waals surface area contributed by atoms with E-state index in [-0.39, 0.29) is 5.56 Å². The van der Waals surface area contributed by atoms with Crippen molar-refractivity contribution < 1.29 is 31.3 Å². The van der Waals surface area contributed by atoms with Crippen molar-refractivity contribution in [2.75, 3.05) is 6.61 Å². The molecule has 8 heteroatoms. The summed E-state index contributed by atoms with van der Waals surface area (Å²) in [6, 6.07) is 11.5. The zero-order valence-electron chi connectivity index (χ0n) is 10.5. The minimum absolute atomic E-state index is 0.000150. The van der Waals surface area contributed by atoms with E-state index in [1.807, 2.05) is 0 Å². The Balaban J connectivity index is 2.16. The average Bonchev–Trinajstić information content (AvgIpc) is 2.43. The zero-order valence-corrected chi connectivity index (χ0v) is 11.3. The molecule has 112 valence electrons. The van der Waals surface area contributed by atoms with Crippen molar-refractivity contribution in [3.8, 4) is 0 Å². The first-order valence-electron chi connectivity index (χ1n) is 5.71. The molecule has 1 N–H and O–H groups in total. The summed E-state index contributed by atoms with van der Waals surface area (Å²) in [6.07, 6.45) is 0. The predicted molar refractivity (Wildman–Crippen MR) is 70.7 cm³/mol. The number of halogens is 2. The summed E-state index contributed by atoms with van der Waals surface area (Å²) in [6.45, 7) is -1.75. The van der Waals surface area contributed by atoms with Crippen molar-refractivity contribution in [1.82, 2.24) is 0 Å². The van der Waals surface area contributed by atoms with Crippen LogP contribution in [0.3, 0.4) is 0 Å². The van der Waals surface area contributed by atoms with E-state index in [9.17, 15) is 22.0 Å². The Morgan fingerprint density at radius 2 is 1.76 bits per heavy atom. The fourth-order valence-corrected chi connectivity index (χ4v) is 1.83. The van der Waals surface area contributed by atoms with Crippen LogP contribution in [0.5, 0.6) is 0 Å². The van der Waals surface area contributed by atoms with Gasteiger partial charge in [0.05, 0.1) is 5.56 Å². The Morgan fingerprint density at radius 1 is 1.14 bits per heavy atom. The van der Waals surface area contributed by atoms with Gasteiger partial charge in [-0.25, -0.2) is 4.79 Å². The van der Waals surface area contributed by atoms with Gasteiger partial charge < -0.3 is 4.74 Å². The molecule has 0 saturated carbocycles. The van der Waals surface area contributed by atoms with Crippen molar-refractivity contribution >= 4 is 26.9 Å². The first kappa shape index (κ1) is 15.3. The highest BCUT2D eigenvalue weighted by molar-refractivity contribution is 7.86. The molecular formula is C13H10F2O5S. The van der Waals surface area contributed by atoms with Crippen LogP contribution in [-0.4, -0.2) is 30.8 Å². The molecule has 0 aliphatic carbocycles. The SMILES string of the molecule is O=C(OCC(F)(F)S(=O)(=O)O)c1ccc2ccccc2c1. The molecule has 0 unspecified atom stereocenters. The van der Waals surface area contributed by atoms with E-state index >= 15 is 0 Å². The highest BCUT2D eigenvalue weighted by Gasteiger charge is 2.45. The van der Waals surface area contributed by atoms with Crippen LogP contribution in [0, 0.1) is 0 Å². The number of rotatable bonds is 4. The van der Waals surface area contributed by atoms with Crippen LogP contribution >= 0.6 is 0 Å². The molecule has 2 aromatic rings. The first-order chi connectivity index (χ1) is 9.71. The van der Waals surface area contributed by atoms with Crippen LogP contribution in [0.25, 0.3) is 10.8 Å². The standard InChI is InChI=1S/C13H10F2O5S/c14-13(15,21(17,18)19)8-20-12(16)11-6-5-9-3-1-2-4-10(9)7-11/h1-7H,8H2,(H,17,18,19). The summed E-state index contributed by atoms with van der Waals surface area (Å²) in [5.41, 5.74) is -0.000150. The highest BCUT2D eigenvalue weighted by Crippen LogP contribution is 2.22. The van der Waals surface area contributed by atoms with Gasteiger partial charge in [0, 0.05) is 0 Å². The molecule has 0 fully saturated rings. The molecule has 0 aliphatic rings. The van der Waals surface area contributed by atoms with Crippen molar-refractivity contribution in [2.24, 2.45) is 0 Å². The lowest BCUT2D eigenvalue weighted by Gasteiger charge is -2.13. The summed E-state index contributed by atoms with van der Waals surface area (Å²) in [7, 11) is -5.63. The second kappa shape index (κ2) is 5.38. The van der Waals surface area contributed by atoms with Gasteiger partial charge in [-0.15, -0.1) is 0 Å². The largest absolute Gasteiger partial charge is 0.454 e. The lowest BCUT2D eigenvalue weighted by molar-refractivity contribution is -0.00949. The first-order valence-corrected chi connectivity index (χ1v) is 7.15. The van der Waals surface area contributed by atoms with Crippen molar-refractivity contribution in [3.05, 3.63) is 48.0 Å².